The second kappa shape index (κ2) is 18.6. The van der Waals surface area contributed by atoms with Crippen molar-refractivity contribution in [2.24, 2.45) is 17.3 Å². The minimum atomic E-state index is -4.44. The predicted octanol–water partition coefficient (Wildman–Crippen LogP) is 8.88. The van der Waals surface area contributed by atoms with Crippen LogP contribution in [0.15, 0.2) is 71.6 Å². The van der Waals surface area contributed by atoms with Crippen molar-refractivity contribution in [3.05, 3.63) is 93.5 Å². The van der Waals surface area contributed by atoms with Gasteiger partial charge in [0.15, 0.2) is 0 Å². The molecule has 3 aliphatic carbocycles. The van der Waals surface area contributed by atoms with Gasteiger partial charge >= 0.3 is 0 Å². The van der Waals surface area contributed by atoms with Gasteiger partial charge in [-0.25, -0.2) is 13.1 Å². The Bertz CT molecular complexity index is 2160. The Hall–Kier alpha value is -4.04. The molecule has 1 unspecified atom stereocenters. The zero-order valence-electron chi connectivity index (χ0n) is 37.1. The van der Waals surface area contributed by atoms with E-state index in [-0.39, 0.29) is 33.2 Å². The van der Waals surface area contributed by atoms with Gasteiger partial charge in [0.2, 0.25) is 0 Å². The van der Waals surface area contributed by atoms with Crippen molar-refractivity contribution in [1.82, 2.24) is 14.5 Å². The number of carbonyl (C=O) groups excluding carboxylic acids is 1. The molecule has 3 N–H and O–H groups in total. The maximum Gasteiger partial charge on any atom is 0.293 e. The van der Waals surface area contributed by atoms with Crippen molar-refractivity contribution < 1.29 is 23.2 Å². The van der Waals surface area contributed by atoms with Crippen LogP contribution in [-0.2, 0) is 10.0 Å². The maximum absolute atomic E-state index is 13.8. The molecule has 8 rings (SSSR count). The number of sulfonamides is 1. The van der Waals surface area contributed by atoms with Gasteiger partial charge in [-0.05, 0) is 130 Å². The van der Waals surface area contributed by atoms with Crippen LogP contribution in [0.3, 0.4) is 0 Å². The molecule has 2 aliphatic heterocycles. The lowest BCUT2D eigenvalue weighted by Crippen LogP contribution is -2.60. The van der Waals surface area contributed by atoms with Gasteiger partial charge in [0, 0.05) is 69.7 Å². The van der Waals surface area contributed by atoms with Crippen LogP contribution in [0.25, 0.3) is 0 Å². The summed E-state index contributed by atoms with van der Waals surface area (Å²) in [5, 5.41) is 25.5. The van der Waals surface area contributed by atoms with Gasteiger partial charge in [-0.2, -0.15) is 0 Å². The number of amides is 1. The highest BCUT2D eigenvalue weighted by Gasteiger charge is 2.50. The van der Waals surface area contributed by atoms with Crippen LogP contribution in [0.1, 0.15) is 138 Å². The summed E-state index contributed by atoms with van der Waals surface area (Å²) in [4.78, 5) is 32.7. The van der Waals surface area contributed by atoms with Crippen LogP contribution in [0, 0.1) is 27.4 Å². The number of rotatable bonds is 13. The number of hydrogen-bond acceptors (Lipinski definition) is 10. The Kier molecular flexibility index (Phi) is 13.4. The first kappa shape index (κ1) is 44.6. The SMILES string of the molecule is CC(C)c1ccccc1C1CN(CC2CCCCC2)CCN1C1CC2(CCN(c3ccccc3C(=O)NS(=O)(=O)c3ccc(NCC4CCC(C)(O)CC4)c([N+](=O)[O-])c3)CC2)C1. The average molecular weight is 869 g/mol. The van der Waals surface area contributed by atoms with Gasteiger partial charge in [0.05, 0.1) is 21.0 Å². The number of anilines is 2. The minimum absolute atomic E-state index is 0.215. The fourth-order valence-corrected chi connectivity index (χ4v) is 12.5. The van der Waals surface area contributed by atoms with Crippen molar-refractivity contribution in [2.75, 3.05) is 56.0 Å². The van der Waals surface area contributed by atoms with E-state index in [0.29, 0.717) is 43.1 Å². The van der Waals surface area contributed by atoms with E-state index in [1.165, 1.54) is 74.8 Å². The number of para-hydroxylation sites is 1. The molecule has 2 heterocycles. The van der Waals surface area contributed by atoms with Crippen molar-refractivity contribution in [3.63, 3.8) is 0 Å². The smallest absolute Gasteiger partial charge is 0.293 e. The molecule has 3 aromatic rings. The van der Waals surface area contributed by atoms with Crippen molar-refractivity contribution >= 4 is 33.0 Å². The highest BCUT2D eigenvalue weighted by molar-refractivity contribution is 7.90. The van der Waals surface area contributed by atoms with E-state index in [9.17, 15) is 28.4 Å². The second-order valence-electron chi connectivity index (χ2n) is 20.1. The molecule has 0 bridgehead atoms. The van der Waals surface area contributed by atoms with E-state index in [4.69, 9.17) is 0 Å². The third-order valence-corrected chi connectivity index (χ3v) is 16.6. The average Bonchev–Trinajstić information content (AvgIpc) is 3.25. The van der Waals surface area contributed by atoms with Gasteiger partial charge in [-0.15, -0.1) is 0 Å². The molecular formula is C49H68N6O6S. The molecule has 5 fully saturated rings. The van der Waals surface area contributed by atoms with E-state index in [1.807, 2.05) is 19.1 Å². The lowest BCUT2D eigenvalue weighted by Gasteiger charge is -2.58. The largest absolute Gasteiger partial charge is 0.390 e. The fourth-order valence-electron chi connectivity index (χ4n) is 11.5. The summed E-state index contributed by atoms with van der Waals surface area (Å²) >= 11 is 0. The molecule has 0 aromatic heterocycles. The molecule has 2 saturated heterocycles. The third kappa shape index (κ3) is 10.0. The number of piperidine rings is 1. The first-order valence-electron chi connectivity index (χ1n) is 23.4. The molecule has 3 aromatic carbocycles. The molecule has 13 heteroatoms. The van der Waals surface area contributed by atoms with Crippen LogP contribution in [0.5, 0.6) is 0 Å². The van der Waals surface area contributed by atoms with E-state index < -0.39 is 26.5 Å². The van der Waals surface area contributed by atoms with Crippen molar-refractivity contribution in [3.8, 4) is 0 Å². The zero-order chi connectivity index (χ0) is 43.6. The molecular weight excluding hydrogens is 801 g/mol. The standard InChI is InChI=1S/C49H68N6O6S/c1-35(2)40-13-7-8-14-41(40)46-34-52(33-37-11-5-4-6-12-37)27-28-54(46)38-30-49(31-38)23-25-53(26-24-49)44-16-10-9-15-42(44)47(56)51-62(60,61)39-17-18-43(45(29-39)55(58)59)50-32-36-19-21-48(3,57)22-20-36/h7-10,13-18,29,35-38,46,50,57H,4-6,11-12,19-28,30-34H2,1-3H3,(H,51,56). The van der Waals surface area contributed by atoms with Crippen LogP contribution in [-0.4, -0.2) is 91.6 Å². The Labute approximate surface area is 369 Å². The molecule has 0 radical (unpaired) electrons. The molecule has 3 saturated carbocycles. The Morgan fingerprint density at radius 2 is 1.58 bits per heavy atom. The van der Waals surface area contributed by atoms with Gasteiger partial charge in [0.1, 0.15) is 5.69 Å². The third-order valence-electron chi connectivity index (χ3n) is 15.3. The monoisotopic (exact) mass is 868 g/mol. The predicted molar refractivity (Wildman–Crippen MR) is 245 cm³/mol. The Morgan fingerprint density at radius 1 is 0.887 bits per heavy atom. The molecule has 5 aliphatic rings. The number of hydrogen-bond donors (Lipinski definition) is 3. The van der Waals surface area contributed by atoms with Crippen LogP contribution in [0.2, 0.25) is 0 Å². The summed E-state index contributed by atoms with van der Waals surface area (Å²) in [6, 6.07) is 20.9. The molecule has 1 spiro atoms. The van der Waals surface area contributed by atoms with Gasteiger partial charge in [-0.1, -0.05) is 69.5 Å². The quantitative estimate of drug-likeness (QED) is 0.112. The summed E-state index contributed by atoms with van der Waals surface area (Å²) in [5.41, 5.74) is 3.33. The topological polar surface area (TPSA) is 148 Å². The molecule has 336 valence electrons. The fraction of sp³-hybridized carbons (Fsp3) is 0.612. The number of nitro groups is 1. The normalized spacial score (nSPS) is 25.4. The van der Waals surface area contributed by atoms with Crippen LogP contribution in [0.4, 0.5) is 17.1 Å². The Morgan fingerprint density at radius 3 is 2.29 bits per heavy atom. The van der Waals surface area contributed by atoms with E-state index in [0.717, 1.165) is 70.4 Å². The number of aliphatic hydroxyl groups is 1. The molecule has 1 amide bonds. The second-order valence-corrected chi connectivity index (χ2v) is 21.7. The number of piperazine rings is 1. The van der Waals surface area contributed by atoms with Gasteiger partial charge in [0.25, 0.3) is 21.6 Å². The highest BCUT2D eigenvalue weighted by atomic mass is 32.2. The number of nitrogens with zero attached hydrogens (tertiary/aromatic N) is 4. The molecule has 12 nitrogen and oxygen atoms in total. The van der Waals surface area contributed by atoms with E-state index in [2.05, 4.69) is 62.9 Å². The lowest BCUT2D eigenvalue weighted by molar-refractivity contribution is -0.384. The summed E-state index contributed by atoms with van der Waals surface area (Å²) in [5.74, 6) is 0.771. The molecule has 1 atom stereocenters. The summed E-state index contributed by atoms with van der Waals surface area (Å²) in [7, 11) is -4.44. The summed E-state index contributed by atoms with van der Waals surface area (Å²) < 4.78 is 29.4. The van der Waals surface area contributed by atoms with E-state index in [1.54, 1.807) is 12.1 Å². The number of carbonyl (C=O) groups is 1. The first-order valence-corrected chi connectivity index (χ1v) is 24.9. The van der Waals surface area contributed by atoms with Gasteiger partial charge in [-0.3, -0.25) is 24.7 Å². The number of nitro benzene ring substituents is 1. The lowest BCUT2D eigenvalue weighted by atomic mass is 9.59. The first-order chi connectivity index (χ1) is 29.7. The van der Waals surface area contributed by atoms with Crippen LogP contribution < -0.4 is 14.9 Å². The van der Waals surface area contributed by atoms with Crippen LogP contribution >= 0.6 is 0 Å². The molecule has 62 heavy (non-hydrogen) atoms. The highest BCUT2D eigenvalue weighted by Crippen LogP contribution is 2.53. The summed E-state index contributed by atoms with van der Waals surface area (Å²) in [6.07, 6.45) is 14.2. The summed E-state index contributed by atoms with van der Waals surface area (Å²) in [6.45, 7) is 13.0. The van der Waals surface area contributed by atoms with Crippen molar-refractivity contribution in [2.45, 2.75) is 133 Å². The van der Waals surface area contributed by atoms with E-state index >= 15 is 0 Å². The van der Waals surface area contributed by atoms with Gasteiger partial charge < -0.3 is 15.3 Å². The Balaban J connectivity index is 0.896. The zero-order valence-corrected chi connectivity index (χ0v) is 37.9. The number of nitrogens with one attached hydrogen (secondary N) is 2. The minimum Gasteiger partial charge on any atom is -0.390 e. The maximum atomic E-state index is 13.8. The van der Waals surface area contributed by atoms with Crippen molar-refractivity contribution in [1.29, 1.82) is 0 Å². The number of benzene rings is 3.